The molecule has 1 amide bonds. The molecular formula is C38H73NO13. The molecule has 12 unspecified atom stereocenters. The van der Waals surface area contributed by atoms with E-state index in [9.17, 15) is 45.6 Å². The fourth-order valence-corrected chi connectivity index (χ4v) is 7.03. The van der Waals surface area contributed by atoms with Crippen LogP contribution in [0.1, 0.15) is 142 Å². The minimum Gasteiger partial charge on any atom is -0.394 e. The summed E-state index contributed by atoms with van der Waals surface area (Å²) in [6, 6.07) is -0.823. The summed E-state index contributed by atoms with van der Waals surface area (Å²) in [5.41, 5.74) is 0. The third-order valence-electron chi connectivity index (χ3n) is 10.4. The monoisotopic (exact) mass is 752 g/mol. The van der Waals surface area contributed by atoms with Gasteiger partial charge in [0, 0.05) is 6.92 Å². The van der Waals surface area contributed by atoms with Crippen LogP contribution in [0.2, 0.25) is 0 Å². The molecule has 14 nitrogen and oxygen atoms in total. The second-order valence-corrected chi connectivity index (χ2v) is 14.9. The van der Waals surface area contributed by atoms with Gasteiger partial charge in [0.1, 0.15) is 48.8 Å². The van der Waals surface area contributed by atoms with Crippen molar-refractivity contribution in [3.8, 4) is 0 Å². The molecule has 0 bridgehead atoms. The van der Waals surface area contributed by atoms with Crippen LogP contribution in [-0.2, 0) is 23.7 Å². The van der Waals surface area contributed by atoms with Gasteiger partial charge in [-0.15, -0.1) is 0 Å². The van der Waals surface area contributed by atoms with Gasteiger partial charge in [0.2, 0.25) is 5.91 Å². The normalized spacial score (nSPS) is 30.7. The number of nitrogens with one attached hydrogen (secondary N) is 1. The molecule has 308 valence electrons. The fraction of sp³-hybridized carbons (Fsp3) is 0.974. The van der Waals surface area contributed by atoms with Crippen LogP contribution in [0.4, 0.5) is 0 Å². The number of carbonyl (C=O) groups is 1. The van der Waals surface area contributed by atoms with Crippen LogP contribution in [0.15, 0.2) is 0 Å². The minimum absolute atomic E-state index is 0.259. The van der Waals surface area contributed by atoms with Crippen molar-refractivity contribution in [1.82, 2.24) is 5.32 Å². The minimum atomic E-state index is -1.77. The first-order valence-corrected chi connectivity index (χ1v) is 20.2. The molecule has 2 heterocycles. The Morgan fingerprint density at radius 3 is 1.52 bits per heavy atom. The lowest BCUT2D eigenvalue weighted by Crippen LogP contribution is -2.65. The highest BCUT2D eigenvalue weighted by Crippen LogP contribution is 2.30. The van der Waals surface area contributed by atoms with Crippen LogP contribution in [0.3, 0.4) is 0 Å². The Bertz CT molecular complexity index is 899. The number of hydrogen-bond donors (Lipinski definition) is 9. The van der Waals surface area contributed by atoms with Gasteiger partial charge in [-0.2, -0.15) is 0 Å². The lowest BCUT2D eigenvalue weighted by atomic mass is 9.97. The highest BCUT2D eigenvalue weighted by Gasteiger charge is 2.50. The summed E-state index contributed by atoms with van der Waals surface area (Å²) in [7, 11) is 0. The Hall–Kier alpha value is -1.01. The number of hydrogen-bond acceptors (Lipinski definition) is 13. The fourth-order valence-electron chi connectivity index (χ4n) is 7.03. The molecule has 0 aliphatic carbocycles. The molecule has 14 heteroatoms. The van der Waals surface area contributed by atoms with Gasteiger partial charge in [-0.3, -0.25) is 4.79 Å². The number of rotatable bonds is 29. The second-order valence-electron chi connectivity index (χ2n) is 14.9. The van der Waals surface area contributed by atoms with Crippen molar-refractivity contribution in [2.24, 2.45) is 0 Å². The summed E-state index contributed by atoms with van der Waals surface area (Å²) in [5.74, 6) is -0.382. The van der Waals surface area contributed by atoms with E-state index < -0.39 is 86.8 Å². The SMILES string of the molecule is CCCCCCCCCCCCCCCCCCCCCC(O)C(COC1OC(CO)C(OC2OC(CO)C(O)C(O)C2O)C(O)C1O)NC(C)=O. The van der Waals surface area contributed by atoms with Crippen LogP contribution in [0.25, 0.3) is 0 Å². The molecule has 12 atom stereocenters. The van der Waals surface area contributed by atoms with E-state index >= 15 is 0 Å². The zero-order chi connectivity index (χ0) is 38.3. The predicted octanol–water partition coefficient (Wildman–Crippen LogP) is 2.31. The molecule has 2 fully saturated rings. The van der Waals surface area contributed by atoms with Crippen LogP contribution in [-0.4, -0.2) is 140 Å². The molecule has 2 aliphatic rings. The summed E-state index contributed by atoms with van der Waals surface area (Å²) < 4.78 is 22.2. The van der Waals surface area contributed by atoms with Crippen LogP contribution >= 0.6 is 0 Å². The van der Waals surface area contributed by atoms with Crippen molar-refractivity contribution in [1.29, 1.82) is 0 Å². The quantitative estimate of drug-likeness (QED) is 0.0501. The van der Waals surface area contributed by atoms with Gasteiger partial charge in [0.25, 0.3) is 0 Å². The highest BCUT2D eigenvalue weighted by atomic mass is 16.7. The van der Waals surface area contributed by atoms with E-state index in [0.717, 1.165) is 25.7 Å². The van der Waals surface area contributed by atoms with Crippen molar-refractivity contribution in [2.75, 3.05) is 19.8 Å². The lowest BCUT2D eigenvalue weighted by molar-refractivity contribution is -0.359. The number of ether oxygens (including phenoxy) is 4. The average Bonchev–Trinajstić information content (AvgIpc) is 3.13. The van der Waals surface area contributed by atoms with E-state index in [1.165, 1.54) is 103 Å². The first kappa shape index (κ1) is 47.1. The van der Waals surface area contributed by atoms with Gasteiger partial charge in [-0.05, 0) is 6.42 Å². The van der Waals surface area contributed by atoms with Crippen molar-refractivity contribution in [2.45, 2.75) is 216 Å². The molecule has 0 aromatic heterocycles. The molecule has 0 radical (unpaired) electrons. The highest BCUT2D eigenvalue weighted by molar-refractivity contribution is 5.73. The van der Waals surface area contributed by atoms with E-state index in [2.05, 4.69) is 12.2 Å². The Morgan fingerprint density at radius 1 is 0.615 bits per heavy atom. The molecule has 2 saturated heterocycles. The van der Waals surface area contributed by atoms with Gasteiger partial charge in [-0.1, -0.05) is 129 Å². The van der Waals surface area contributed by atoms with E-state index in [0.29, 0.717) is 6.42 Å². The largest absolute Gasteiger partial charge is 0.394 e. The summed E-state index contributed by atoms with van der Waals surface area (Å²) in [4.78, 5) is 11.9. The van der Waals surface area contributed by atoms with Gasteiger partial charge in [-0.25, -0.2) is 0 Å². The number of aliphatic hydroxyl groups excluding tert-OH is 8. The summed E-state index contributed by atoms with van der Waals surface area (Å²) >= 11 is 0. The molecule has 0 aromatic rings. The van der Waals surface area contributed by atoms with E-state index in [-0.39, 0.29) is 12.5 Å². The number of unbranched alkanes of at least 4 members (excludes halogenated alkanes) is 18. The van der Waals surface area contributed by atoms with Crippen molar-refractivity contribution < 1.29 is 64.6 Å². The first-order valence-electron chi connectivity index (χ1n) is 20.2. The third-order valence-corrected chi connectivity index (χ3v) is 10.4. The summed E-state index contributed by atoms with van der Waals surface area (Å²) in [5, 5.41) is 84.9. The maximum atomic E-state index is 11.9. The topological polar surface area (TPSA) is 228 Å². The van der Waals surface area contributed by atoms with Crippen LogP contribution in [0.5, 0.6) is 0 Å². The van der Waals surface area contributed by atoms with Gasteiger partial charge in [0.15, 0.2) is 12.6 Å². The molecule has 52 heavy (non-hydrogen) atoms. The van der Waals surface area contributed by atoms with Crippen molar-refractivity contribution in [3.05, 3.63) is 0 Å². The van der Waals surface area contributed by atoms with Crippen molar-refractivity contribution in [3.63, 3.8) is 0 Å². The molecule has 2 rings (SSSR count). The number of amides is 1. The molecule has 0 spiro atoms. The Labute approximate surface area is 311 Å². The number of carbonyl (C=O) groups excluding carboxylic acids is 1. The summed E-state index contributed by atoms with van der Waals surface area (Å²) in [6.45, 7) is 1.91. The average molecular weight is 752 g/mol. The molecule has 2 aliphatic heterocycles. The van der Waals surface area contributed by atoms with Gasteiger partial charge >= 0.3 is 0 Å². The Kier molecular flexibility index (Phi) is 25.0. The van der Waals surface area contributed by atoms with E-state index in [1.807, 2.05) is 0 Å². The van der Waals surface area contributed by atoms with Crippen molar-refractivity contribution >= 4 is 5.91 Å². The standard InChI is InChI=1S/C38H73NO13/c1-3-4-5-6-7-8-9-10-11-12-13-14-15-16-17-18-19-20-21-22-28(43)27(39-26(2)42)25-49-37-35(48)33(46)36(30(24-41)51-37)52-38-34(47)32(45)31(44)29(23-40)50-38/h27-38,40-41,43-48H,3-25H2,1-2H3,(H,39,42). The van der Waals surface area contributed by atoms with E-state index in [4.69, 9.17) is 18.9 Å². The maximum Gasteiger partial charge on any atom is 0.217 e. The maximum absolute atomic E-state index is 11.9. The third kappa shape index (κ3) is 17.2. The van der Waals surface area contributed by atoms with E-state index in [1.54, 1.807) is 0 Å². The molecule has 0 aromatic carbocycles. The second kappa shape index (κ2) is 27.6. The van der Waals surface area contributed by atoms with Gasteiger partial charge < -0.3 is 65.1 Å². The Balaban J connectivity index is 1.64. The zero-order valence-electron chi connectivity index (χ0n) is 31.8. The van der Waals surface area contributed by atoms with Crippen LogP contribution < -0.4 is 5.32 Å². The van der Waals surface area contributed by atoms with Crippen LogP contribution in [0, 0.1) is 0 Å². The Morgan fingerprint density at radius 2 is 1.06 bits per heavy atom. The zero-order valence-corrected chi connectivity index (χ0v) is 31.8. The smallest absolute Gasteiger partial charge is 0.217 e. The first-order chi connectivity index (χ1) is 25.0. The molecular weight excluding hydrogens is 678 g/mol. The lowest BCUT2D eigenvalue weighted by Gasteiger charge is -2.46. The molecule has 0 saturated carbocycles. The predicted molar refractivity (Wildman–Crippen MR) is 194 cm³/mol. The number of aliphatic hydroxyl groups is 8. The summed E-state index contributed by atoms with van der Waals surface area (Å²) in [6.07, 6.45) is 7.90. The molecule has 9 N–H and O–H groups in total. The van der Waals surface area contributed by atoms with Gasteiger partial charge in [0.05, 0.1) is 32.0 Å².